The Labute approximate surface area is 212 Å². The van der Waals surface area contributed by atoms with Crippen LogP contribution in [0.15, 0.2) is 0 Å². The highest BCUT2D eigenvalue weighted by atomic mass is 16.5. The van der Waals surface area contributed by atoms with Crippen LogP contribution >= 0.6 is 0 Å². The van der Waals surface area contributed by atoms with Gasteiger partial charge >= 0.3 is 11.9 Å². The second-order valence-electron chi connectivity index (χ2n) is 10.0. The minimum atomic E-state index is -0.131. The van der Waals surface area contributed by atoms with Crippen molar-refractivity contribution in [1.29, 1.82) is 0 Å². The Bertz CT molecular complexity index is 436. The molecule has 0 aliphatic carbocycles. The number of esters is 2. The van der Waals surface area contributed by atoms with E-state index < -0.39 is 0 Å². The first-order valence-corrected chi connectivity index (χ1v) is 15.0. The Morgan fingerprint density at radius 3 is 0.941 bits per heavy atom. The Hall–Kier alpha value is -1.06. The number of carbonyl (C=O) groups excluding carboxylic acids is 2. The zero-order valence-corrected chi connectivity index (χ0v) is 23.0. The molecule has 0 atom stereocenters. The van der Waals surface area contributed by atoms with Crippen molar-refractivity contribution >= 4 is 11.9 Å². The maximum atomic E-state index is 11.8. The predicted molar refractivity (Wildman–Crippen MR) is 144 cm³/mol. The van der Waals surface area contributed by atoms with Gasteiger partial charge in [-0.3, -0.25) is 9.59 Å². The van der Waals surface area contributed by atoms with Crippen molar-refractivity contribution in [3.8, 4) is 0 Å². The fraction of sp³-hybridized carbons (Fsp3) is 0.933. The molecule has 0 radical (unpaired) electrons. The maximum Gasteiger partial charge on any atom is 0.305 e. The summed E-state index contributed by atoms with van der Waals surface area (Å²) in [5.41, 5.74) is 0. The summed E-state index contributed by atoms with van der Waals surface area (Å²) in [5, 5.41) is 0. The van der Waals surface area contributed by atoms with Crippen LogP contribution in [0.5, 0.6) is 0 Å². The van der Waals surface area contributed by atoms with Gasteiger partial charge in [-0.15, -0.1) is 0 Å². The van der Waals surface area contributed by atoms with Gasteiger partial charge in [0, 0.05) is 12.8 Å². The van der Waals surface area contributed by atoms with Crippen molar-refractivity contribution in [2.75, 3.05) is 13.2 Å². The van der Waals surface area contributed by atoms with Gasteiger partial charge in [0.05, 0.1) is 13.2 Å². The Kier molecular flexibility index (Phi) is 27.3. The van der Waals surface area contributed by atoms with Gasteiger partial charge in [0.25, 0.3) is 0 Å². The van der Waals surface area contributed by atoms with Crippen molar-refractivity contribution in [3.05, 3.63) is 0 Å². The number of unbranched alkanes of at least 4 members (excludes halogenated alkanes) is 19. The van der Waals surface area contributed by atoms with Gasteiger partial charge in [-0.2, -0.15) is 0 Å². The molecule has 0 unspecified atom stereocenters. The molecule has 4 heteroatoms. The molecule has 0 saturated carbocycles. The molecule has 4 nitrogen and oxygen atoms in total. The van der Waals surface area contributed by atoms with Crippen molar-refractivity contribution in [3.63, 3.8) is 0 Å². The molecule has 0 N–H and O–H groups in total. The summed E-state index contributed by atoms with van der Waals surface area (Å²) in [4.78, 5) is 23.6. The monoisotopic (exact) mass is 482 g/mol. The quantitative estimate of drug-likeness (QED) is 0.0864. The smallest absolute Gasteiger partial charge is 0.305 e. The maximum absolute atomic E-state index is 11.8. The molecule has 0 aromatic rings. The third-order valence-electron chi connectivity index (χ3n) is 6.53. The van der Waals surface area contributed by atoms with E-state index in [1.165, 1.54) is 103 Å². The van der Waals surface area contributed by atoms with Gasteiger partial charge in [0.1, 0.15) is 0 Å². The number of carbonyl (C=O) groups is 2. The average molecular weight is 483 g/mol. The van der Waals surface area contributed by atoms with Gasteiger partial charge in [-0.25, -0.2) is 0 Å². The molecular formula is C30H58O4. The van der Waals surface area contributed by atoms with Crippen LogP contribution in [0.4, 0.5) is 0 Å². The SMILES string of the molecule is CCCCCCCCCCCCCOC(=O)CCCCC(=O)OCCCCCCCCCCC. The number of ether oxygens (including phenoxy) is 2. The van der Waals surface area contributed by atoms with E-state index >= 15 is 0 Å². The van der Waals surface area contributed by atoms with E-state index in [0.29, 0.717) is 38.9 Å². The van der Waals surface area contributed by atoms with Crippen LogP contribution < -0.4 is 0 Å². The number of rotatable bonds is 27. The Morgan fingerprint density at radius 2 is 0.647 bits per heavy atom. The van der Waals surface area contributed by atoms with Gasteiger partial charge in [-0.1, -0.05) is 129 Å². The fourth-order valence-electron chi connectivity index (χ4n) is 4.23. The van der Waals surface area contributed by atoms with Gasteiger partial charge in [0.2, 0.25) is 0 Å². The first kappa shape index (κ1) is 32.9. The second kappa shape index (κ2) is 28.2. The number of hydrogen-bond acceptors (Lipinski definition) is 4. The van der Waals surface area contributed by atoms with Crippen LogP contribution in [0, 0.1) is 0 Å². The van der Waals surface area contributed by atoms with Crippen molar-refractivity contribution in [2.24, 2.45) is 0 Å². The van der Waals surface area contributed by atoms with Crippen LogP contribution in [0.3, 0.4) is 0 Å². The highest BCUT2D eigenvalue weighted by Crippen LogP contribution is 2.12. The van der Waals surface area contributed by atoms with Crippen LogP contribution in [0.1, 0.15) is 168 Å². The second-order valence-corrected chi connectivity index (χ2v) is 10.0. The minimum Gasteiger partial charge on any atom is -0.466 e. The first-order chi connectivity index (χ1) is 16.7. The lowest BCUT2D eigenvalue weighted by Gasteiger charge is -2.06. The van der Waals surface area contributed by atoms with Gasteiger partial charge in [-0.05, 0) is 25.7 Å². The molecule has 0 saturated heterocycles. The summed E-state index contributed by atoms with van der Waals surface area (Å²) in [6.07, 6.45) is 27.8. The molecule has 0 fully saturated rings. The van der Waals surface area contributed by atoms with Gasteiger partial charge < -0.3 is 9.47 Å². The number of hydrogen-bond donors (Lipinski definition) is 0. The zero-order chi connectivity index (χ0) is 25.0. The van der Waals surface area contributed by atoms with Crippen molar-refractivity contribution in [1.82, 2.24) is 0 Å². The molecule has 34 heavy (non-hydrogen) atoms. The summed E-state index contributed by atoms with van der Waals surface area (Å²) in [7, 11) is 0. The van der Waals surface area contributed by atoms with Gasteiger partial charge in [0.15, 0.2) is 0 Å². The fourth-order valence-corrected chi connectivity index (χ4v) is 4.23. The topological polar surface area (TPSA) is 52.6 Å². The molecule has 0 aliphatic heterocycles. The van der Waals surface area contributed by atoms with E-state index in [1.807, 2.05) is 0 Å². The summed E-state index contributed by atoms with van der Waals surface area (Å²) in [5.74, 6) is -0.260. The minimum absolute atomic E-state index is 0.129. The molecule has 202 valence electrons. The molecule has 0 rings (SSSR count). The molecule has 0 aromatic carbocycles. The Balaban J connectivity index is 3.28. The van der Waals surface area contributed by atoms with E-state index in [0.717, 1.165) is 25.7 Å². The molecule has 0 heterocycles. The molecule has 0 bridgehead atoms. The van der Waals surface area contributed by atoms with E-state index in [-0.39, 0.29) is 11.9 Å². The van der Waals surface area contributed by atoms with Crippen LogP contribution in [-0.2, 0) is 19.1 Å². The molecule has 0 amide bonds. The molecular weight excluding hydrogens is 424 g/mol. The summed E-state index contributed by atoms with van der Waals surface area (Å²) < 4.78 is 10.6. The summed E-state index contributed by atoms with van der Waals surface area (Å²) in [6, 6.07) is 0. The Morgan fingerprint density at radius 1 is 0.382 bits per heavy atom. The third-order valence-corrected chi connectivity index (χ3v) is 6.53. The van der Waals surface area contributed by atoms with Crippen molar-refractivity contribution in [2.45, 2.75) is 168 Å². The first-order valence-electron chi connectivity index (χ1n) is 15.0. The molecule has 0 aliphatic rings. The largest absolute Gasteiger partial charge is 0.466 e. The third kappa shape index (κ3) is 27.2. The van der Waals surface area contributed by atoms with Crippen LogP contribution in [0.2, 0.25) is 0 Å². The summed E-state index contributed by atoms with van der Waals surface area (Å²) in [6.45, 7) is 5.58. The highest BCUT2D eigenvalue weighted by Gasteiger charge is 2.06. The standard InChI is InChI=1S/C30H58O4/c1-3-5-7-9-11-13-14-16-18-20-24-28-34-30(32)26-22-21-25-29(31)33-27-23-19-17-15-12-10-8-6-4-2/h3-28H2,1-2H3. The highest BCUT2D eigenvalue weighted by molar-refractivity contribution is 5.70. The van der Waals surface area contributed by atoms with Crippen LogP contribution in [-0.4, -0.2) is 25.2 Å². The van der Waals surface area contributed by atoms with Crippen molar-refractivity contribution < 1.29 is 19.1 Å². The normalized spacial score (nSPS) is 11.0. The van der Waals surface area contributed by atoms with Crippen LogP contribution in [0.25, 0.3) is 0 Å². The predicted octanol–water partition coefficient (Wildman–Crippen LogP) is 9.48. The lowest BCUT2D eigenvalue weighted by Crippen LogP contribution is -2.08. The van der Waals surface area contributed by atoms with E-state index in [9.17, 15) is 9.59 Å². The van der Waals surface area contributed by atoms with E-state index in [1.54, 1.807) is 0 Å². The van der Waals surface area contributed by atoms with E-state index in [2.05, 4.69) is 13.8 Å². The lowest BCUT2D eigenvalue weighted by molar-refractivity contribution is -0.146. The molecule has 0 spiro atoms. The summed E-state index contributed by atoms with van der Waals surface area (Å²) >= 11 is 0. The zero-order valence-electron chi connectivity index (χ0n) is 23.0. The molecule has 0 aromatic heterocycles. The average Bonchev–Trinajstić information content (AvgIpc) is 2.83. The van der Waals surface area contributed by atoms with E-state index in [4.69, 9.17) is 9.47 Å². The lowest BCUT2D eigenvalue weighted by atomic mass is 10.1.